The first kappa shape index (κ1) is 29.0. The summed E-state index contributed by atoms with van der Waals surface area (Å²) < 4.78 is 5.69. The van der Waals surface area contributed by atoms with Gasteiger partial charge in [-0.3, -0.25) is 14.9 Å². The average Bonchev–Trinajstić information content (AvgIpc) is 3.59. The minimum absolute atomic E-state index is 0.0228. The van der Waals surface area contributed by atoms with Gasteiger partial charge in [0.05, 0.1) is 6.54 Å². The number of nitrogens with one attached hydrogen (secondary N) is 3. The van der Waals surface area contributed by atoms with Crippen LogP contribution in [0.2, 0.25) is 0 Å². The molecule has 0 radical (unpaired) electrons. The average molecular weight is 574 g/mol. The summed E-state index contributed by atoms with van der Waals surface area (Å²) >= 11 is 0. The van der Waals surface area contributed by atoms with Crippen LogP contribution in [0.15, 0.2) is 57.9 Å². The maximum absolute atomic E-state index is 13.6. The van der Waals surface area contributed by atoms with Gasteiger partial charge in [0.25, 0.3) is 0 Å². The lowest BCUT2D eigenvalue weighted by atomic mass is 10.1. The molecule has 3 heterocycles. The number of likely N-dealkylation sites (tertiary alicyclic amines) is 2. The van der Waals surface area contributed by atoms with Gasteiger partial charge in [0, 0.05) is 56.2 Å². The fourth-order valence-corrected chi connectivity index (χ4v) is 5.35. The molecule has 1 unspecified atom stereocenters. The Hall–Kier alpha value is -4.54. The van der Waals surface area contributed by atoms with E-state index in [-0.39, 0.29) is 24.3 Å². The molecule has 11 nitrogen and oxygen atoms in total. The summed E-state index contributed by atoms with van der Waals surface area (Å²) in [4.78, 5) is 49.7. The van der Waals surface area contributed by atoms with Gasteiger partial charge in [-0.25, -0.2) is 9.79 Å². The number of aliphatic imine (C=N–C) groups is 1. The molecule has 2 fully saturated rings. The Morgan fingerprint density at radius 3 is 2.40 bits per heavy atom. The van der Waals surface area contributed by atoms with E-state index < -0.39 is 12.1 Å². The monoisotopic (exact) mass is 573 g/mol. The van der Waals surface area contributed by atoms with Crippen molar-refractivity contribution >= 4 is 51.8 Å². The van der Waals surface area contributed by atoms with E-state index in [1.54, 1.807) is 4.90 Å². The van der Waals surface area contributed by atoms with Gasteiger partial charge >= 0.3 is 6.03 Å². The number of carbonyl (C=O) groups excluding carboxylic acids is 3. The number of aryl methyl sites for hydroxylation is 1. The fraction of sp³-hybridized carbons (Fsp3) is 0.419. The number of benzene rings is 2. The molecule has 2 aliphatic rings. The topological polar surface area (TPSA) is 123 Å². The number of fused-ring (bicyclic) bond motifs is 1. The highest BCUT2D eigenvalue weighted by atomic mass is 16.3. The van der Waals surface area contributed by atoms with E-state index in [4.69, 9.17) is 9.41 Å². The Labute approximate surface area is 245 Å². The number of furan rings is 1. The van der Waals surface area contributed by atoms with Crippen LogP contribution in [0.5, 0.6) is 0 Å². The van der Waals surface area contributed by atoms with Crippen LogP contribution in [-0.4, -0.2) is 79.9 Å². The van der Waals surface area contributed by atoms with Gasteiger partial charge in [0.15, 0.2) is 0 Å². The number of nitrogens with zero attached hydrogens (tertiary/aromatic N) is 4. The van der Waals surface area contributed by atoms with Crippen molar-refractivity contribution in [2.45, 2.75) is 45.1 Å². The molecule has 3 aromatic rings. The summed E-state index contributed by atoms with van der Waals surface area (Å²) in [6.45, 7) is 3.94. The first-order valence-corrected chi connectivity index (χ1v) is 14.5. The first-order valence-electron chi connectivity index (χ1n) is 14.5. The number of amides is 4. The predicted octanol–water partition coefficient (Wildman–Crippen LogP) is 4.40. The predicted molar refractivity (Wildman–Crippen MR) is 165 cm³/mol. The van der Waals surface area contributed by atoms with E-state index in [0.717, 1.165) is 61.2 Å². The zero-order valence-corrected chi connectivity index (χ0v) is 24.5. The van der Waals surface area contributed by atoms with Gasteiger partial charge < -0.3 is 29.8 Å². The number of guanidine groups is 1. The van der Waals surface area contributed by atoms with Gasteiger partial charge in [-0.1, -0.05) is 0 Å². The minimum atomic E-state index is -0.735. The Morgan fingerprint density at radius 2 is 1.67 bits per heavy atom. The smallest absolute Gasteiger partial charge is 0.325 e. The molecule has 11 heteroatoms. The normalized spacial score (nSPS) is 17.7. The molecule has 0 saturated carbocycles. The molecule has 0 aliphatic carbocycles. The maximum atomic E-state index is 13.6. The summed E-state index contributed by atoms with van der Waals surface area (Å²) in [6.07, 6.45) is 4.10. The number of rotatable bonds is 6. The van der Waals surface area contributed by atoms with Crippen molar-refractivity contribution < 1.29 is 18.8 Å². The molecular formula is C31H39N7O4. The van der Waals surface area contributed by atoms with Crippen LogP contribution in [0.4, 0.5) is 21.9 Å². The van der Waals surface area contributed by atoms with Crippen molar-refractivity contribution in [3.8, 4) is 0 Å². The molecule has 4 amide bonds. The molecule has 1 aromatic heterocycles. The van der Waals surface area contributed by atoms with Gasteiger partial charge in [0.2, 0.25) is 17.8 Å². The Kier molecular flexibility index (Phi) is 8.94. The molecule has 1 atom stereocenters. The number of anilines is 3. The zero-order chi connectivity index (χ0) is 29.6. The van der Waals surface area contributed by atoms with Crippen LogP contribution in [0.3, 0.4) is 0 Å². The number of hydrogen-bond donors (Lipinski definition) is 3. The standard InChI is InChI=1S/C31H39N7O4/c1-21-18-22-19-24(11-14-27(22)42-21)32-30(35-31(41)33-23-9-12-25(13-10-23)36(2)3)34-26-8-4-5-17-38(29(26)40)20-28(39)37-15-6-7-16-37/h9-14,18-19,26H,4-8,15-17,20H2,1-3H3,(H3,32,33,34,35,41). The Bertz CT molecular complexity index is 1460. The van der Waals surface area contributed by atoms with Crippen molar-refractivity contribution in [2.24, 2.45) is 4.99 Å². The lowest BCUT2D eigenvalue weighted by Gasteiger charge is -2.25. The Morgan fingerprint density at radius 1 is 0.952 bits per heavy atom. The quantitative estimate of drug-likeness (QED) is 0.297. The molecule has 0 spiro atoms. The fourth-order valence-electron chi connectivity index (χ4n) is 5.35. The highest BCUT2D eigenvalue weighted by Crippen LogP contribution is 2.23. The summed E-state index contributed by atoms with van der Waals surface area (Å²) in [5, 5.41) is 9.73. The van der Waals surface area contributed by atoms with Crippen molar-refractivity contribution in [2.75, 3.05) is 55.8 Å². The van der Waals surface area contributed by atoms with Crippen molar-refractivity contribution in [3.05, 3.63) is 54.3 Å². The zero-order valence-electron chi connectivity index (χ0n) is 24.5. The van der Waals surface area contributed by atoms with Crippen molar-refractivity contribution in [1.82, 2.24) is 15.1 Å². The number of urea groups is 1. The second-order valence-electron chi connectivity index (χ2n) is 11.1. The summed E-state index contributed by atoms with van der Waals surface area (Å²) in [5.74, 6) is 0.705. The van der Waals surface area contributed by atoms with E-state index in [1.165, 1.54) is 0 Å². The molecule has 42 heavy (non-hydrogen) atoms. The van der Waals surface area contributed by atoms with Crippen LogP contribution in [-0.2, 0) is 9.59 Å². The van der Waals surface area contributed by atoms with E-state index in [2.05, 4.69) is 16.0 Å². The molecule has 222 valence electrons. The second-order valence-corrected chi connectivity index (χ2v) is 11.1. The van der Waals surface area contributed by atoms with Gasteiger partial charge in [-0.05, 0) is 87.6 Å². The molecule has 2 aliphatic heterocycles. The highest BCUT2D eigenvalue weighted by molar-refractivity contribution is 6.08. The van der Waals surface area contributed by atoms with E-state index >= 15 is 0 Å². The molecule has 2 saturated heterocycles. The minimum Gasteiger partial charge on any atom is -0.461 e. The van der Waals surface area contributed by atoms with Crippen molar-refractivity contribution in [3.63, 3.8) is 0 Å². The third kappa shape index (κ3) is 7.20. The number of carbonyl (C=O) groups is 3. The molecule has 5 rings (SSSR count). The molecule has 0 bridgehead atoms. The summed E-state index contributed by atoms with van der Waals surface area (Å²) in [5.41, 5.74) is 3.06. The lowest BCUT2D eigenvalue weighted by molar-refractivity contribution is -0.140. The molecule has 3 N–H and O–H groups in total. The first-order chi connectivity index (χ1) is 20.2. The van der Waals surface area contributed by atoms with Crippen LogP contribution in [0.25, 0.3) is 11.0 Å². The molecule has 2 aromatic carbocycles. The van der Waals surface area contributed by atoms with Gasteiger partial charge in [-0.15, -0.1) is 0 Å². The van der Waals surface area contributed by atoms with Crippen LogP contribution in [0, 0.1) is 6.92 Å². The second kappa shape index (κ2) is 13.0. The van der Waals surface area contributed by atoms with Crippen molar-refractivity contribution in [1.29, 1.82) is 0 Å². The van der Waals surface area contributed by atoms with Gasteiger partial charge in [-0.2, -0.15) is 0 Å². The third-order valence-corrected chi connectivity index (χ3v) is 7.60. The van der Waals surface area contributed by atoms with E-state index in [9.17, 15) is 14.4 Å². The SMILES string of the molecule is Cc1cc2cc(NC(=NC3CCCCN(CC(=O)N4CCCC4)C3=O)NC(=O)Nc3ccc(N(C)C)cc3)ccc2o1. The van der Waals surface area contributed by atoms with E-state index in [1.807, 2.05) is 79.3 Å². The van der Waals surface area contributed by atoms with Crippen LogP contribution in [0.1, 0.15) is 37.9 Å². The summed E-state index contributed by atoms with van der Waals surface area (Å²) in [6, 6.07) is 13.7. The maximum Gasteiger partial charge on any atom is 0.325 e. The van der Waals surface area contributed by atoms with E-state index in [0.29, 0.717) is 24.3 Å². The summed E-state index contributed by atoms with van der Waals surface area (Å²) in [7, 11) is 3.90. The van der Waals surface area contributed by atoms with Gasteiger partial charge in [0.1, 0.15) is 17.4 Å². The number of hydrogen-bond acceptors (Lipinski definition) is 6. The Balaban J connectivity index is 1.36. The highest BCUT2D eigenvalue weighted by Gasteiger charge is 2.30. The lowest BCUT2D eigenvalue weighted by Crippen LogP contribution is -2.46. The molecular weight excluding hydrogens is 534 g/mol. The van der Waals surface area contributed by atoms with Crippen LogP contribution >= 0.6 is 0 Å². The van der Waals surface area contributed by atoms with Crippen LogP contribution < -0.4 is 20.9 Å². The largest absolute Gasteiger partial charge is 0.461 e. The third-order valence-electron chi connectivity index (χ3n) is 7.60.